The van der Waals surface area contributed by atoms with Crippen molar-refractivity contribution in [3.8, 4) is 0 Å². The molecule has 2 rings (SSSR count). The Labute approximate surface area is 82.0 Å². The Kier molecular flexibility index (Phi) is 2.54. The van der Waals surface area contributed by atoms with Gasteiger partial charge >= 0.3 is 0 Å². The van der Waals surface area contributed by atoms with Crippen molar-refractivity contribution in [1.82, 2.24) is 0 Å². The first kappa shape index (κ1) is 9.01. The van der Waals surface area contributed by atoms with Crippen molar-refractivity contribution in [3.63, 3.8) is 0 Å². The molecule has 0 bridgehead atoms. The van der Waals surface area contributed by atoms with E-state index in [4.69, 9.17) is 0 Å². The van der Waals surface area contributed by atoms with Crippen LogP contribution in [-0.4, -0.2) is 8.07 Å². The van der Waals surface area contributed by atoms with Crippen LogP contribution in [0, 0.1) is 0 Å². The molecule has 0 spiro atoms. The summed E-state index contributed by atoms with van der Waals surface area (Å²) in [5.74, 6) is 0. The van der Waals surface area contributed by atoms with Crippen LogP contribution >= 0.6 is 0 Å². The summed E-state index contributed by atoms with van der Waals surface area (Å²) in [6.07, 6.45) is 4.41. The third-order valence-corrected chi connectivity index (χ3v) is 8.07. The van der Waals surface area contributed by atoms with Gasteiger partial charge in [0.15, 0.2) is 0 Å². The van der Waals surface area contributed by atoms with Crippen LogP contribution in [0.5, 0.6) is 0 Å². The summed E-state index contributed by atoms with van der Waals surface area (Å²) in [6.45, 7) is 2.56. The van der Waals surface area contributed by atoms with Crippen LogP contribution in [-0.2, 0) is 0 Å². The predicted octanol–water partition coefficient (Wildman–Crippen LogP) is 3.16. The van der Waals surface area contributed by atoms with E-state index in [1.165, 1.54) is 31.4 Å². The minimum atomic E-state index is -1.01. The molecule has 0 saturated carbocycles. The number of hydrogen-bond acceptors (Lipinski definition) is 0. The Morgan fingerprint density at radius 3 is 2.15 bits per heavy atom. The highest BCUT2D eigenvalue weighted by atomic mass is 28.3. The molecular weight excluding hydrogens is 172 g/mol. The molecule has 1 aromatic carbocycles. The van der Waals surface area contributed by atoms with Crippen LogP contribution in [0.2, 0.25) is 18.6 Å². The maximum absolute atomic E-state index is 2.56. The second-order valence-corrected chi connectivity index (χ2v) is 9.19. The molecule has 0 amide bonds. The third-order valence-electron chi connectivity index (χ3n) is 3.43. The van der Waals surface area contributed by atoms with Gasteiger partial charge in [0, 0.05) is 0 Å². The van der Waals surface area contributed by atoms with Gasteiger partial charge in [0.1, 0.15) is 0 Å². The van der Waals surface area contributed by atoms with Gasteiger partial charge in [-0.15, -0.1) is 0 Å². The van der Waals surface area contributed by atoms with Gasteiger partial charge in [-0.25, -0.2) is 0 Å². The zero-order valence-corrected chi connectivity index (χ0v) is 9.42. The first-order valence-electron chi connectivity index (χ1n) is 5.37. The number of hydrogen-bond donors (Lipinski definition) is 0. The Bertz CT molecular complexity index is 260. The van der Waals surface area contributed by atoms with Gasteiger partial charge in [0.25, 0.3) is 0 Å². The van der Waals surface area contributed by atoms with E-state index in [1.54, 1.807) is 5.19 Å². The lowest BCUT2D eigenvalue weighted by Crippen LogP contribution is -2.45. The summed E-state index contributed by atoms with van der Waals surface area (Å²) in [5, 5.41) is 1.68. The molecule has 1 heteroatoms. The summed E-state index contributed by atoms with van der Waals surface area (Å²) >= 11 is 0. The molecule has 0 aromatic heterocycles. The highest BCUT2D eigenvalue weighted by Crippen LogP contribution is 2.27. The maximum atomic E-state index is 2.56. The fraction of sp³-hybridized carbons (Fsp3) is 0.500. The van der Waals surface area contributed by atoms with Gasteiger partial charge in [-0.2, -0.15) is 0 Å². The molecule has 1 aliphatic rings. The van der Waals surface area contributed by atoms with Gasteiger partial charge in [0.05, 0.1) is 8.07 Å². The van der Waals surface area contributed by atoms with E-state index in [9.17, 15) is 0 Å². The smallest absolute Gasteiger partial charge is 0.0652 e. The molecular formula is C12H18Si. The Balaban J connectivity index is 2.23. The fourth-order valence-electron chi connectivity index (χ4n) is 2.46. The first-order chi connectivity index (χ1) is 6.31. The minimum absolute atomic E-state index is 1.01. The van der Waals surface area contributed by atoms with Crippen molar-refractivity contribution in [3.05, 3.63) is 30.3 Å². The summed E-state index contributed by atoms with van der Waals surface area (Å²) in [7, 11) is -1.01. The summed E-state index contributed by atoms with van der Waals surface area (Å²) in [4.78, 5) is 0. The minimum Gasteiger partial charge on any atom is -0.0652 e. The molecule has 1 saturated heterocycles. The largest absolute Gasteiger partial charge is 0.0836 e. The van der Waals surface area contributed by atoms with Crippen LogP contribution in [0.15, 0.2) is 30.3 Å². The van der Waals surface area contributed by atoms with Crippen LogP contribution in [0.1, 0.15) is 19.3 Å². The van der Waals surface area contributed by atoms with Gasteiger partial charge in [-0.05, 0) is 0 Å². The molecule has 1 aromatic rings. The van der Waals surface area contributed by atoms with E-state index >= 15 is 0 Å². The molecule has 0 atom stereocenters. The van der Waals surface area contributed by atoms with E-state index < -0.39 is 8.07 Å². The van der Waals surface area contributed by atoms with Crippen molar-refractivity contribution in [2.24, 2.45) is 0 Å². The molecule has 0 radical (unpaired) electrons. The topological polar surface area (TPSA) is 0 Å². The predicted molar refractivity (Wildman–Crippen MR) is 61.2 cm³/mol. The average Bonchev–Trinajstić information content (AvgIpc) is 2.20. The van der Waals surface area contributed by atoms with Crippen LogP contribution in [0.25, 0.3) is 0 Å². The standard InChI is InChI=1S/C12H18Si/c1-13(10-6-3-7-11-13)12-8-4-2-5-9-12/h2,4-5,8-9H,3,6-7,10-11H2,1H3. The van der Waals surface area contributed by atoms with Crippen LogP contribution in [0.3, 0.4) is 0 Å². The summed E-state index contributed by atoms with van der Waals surface area (Å²) in [6, 6.07) is 14.2. The van der Waals surface area contributed by atoms with Gasteiger partial charge in [-0.1, -0.05) is 73.4 Å². The van der Waals surface area contributed by atoms with Crippen molar-refractivity contribution >= 4 is 13.3 Å². The molecule has 13 heavy (non-hydrogen) atoms. The second-order valence-electron chi connectivity index (χ2n) is 4.49. The average molecular weight is 190 g/mol. The lowest BCUT2D eigenvalue weighted by molar-refractivity contribution is 0.717. The van der Waals surface area contributed by atoms with Crippen molar-refractivity contribution in [2.45, 2.75) is 37.9 Å². The van der Waals surface area contributed by atoms with Crippen molar-refractivity contribution in [1.29, 1.82) is 0 Å². The highest BCUT2D eigenvalue weighted by molar-refractivity contribution is 6.90. The Morgan fingerprint density at radius 2 is 1.54 bits per heavy atom. The monoisotopic (exact) mass is 190 g/mol. The van der Waals surface area contributed by atoms with Gasteiger partial charge in [-0.3, -0.25) is 0 Å². The van der Waals surface area contributed by atoms with E-state index in [-0.39, 0.29) is 0 Å². The van der Waals surface area contributed by atoms with Gasteiger partial charge in [0.2, 0.25) is 0 Å². The lowest BCUT2D eigenvalue weighted by atomic mass is 10.3. The SMILES string of the molecule is C[Si]1(c2ccccc2)CCCCC1. The van der Waals surface area contributed by atoms with E-state index in [0.717, 1.165) is 0 Å². The number of rotatable bonds is 1. The molecule has 0 aliphatic carbocycles. The fourth-order valence-corrected chi connectivity index (χ4v) is 6.35. The van der Waals surface area contributed by atoms with Gasteiger partial charge < -0.3 is 0 Å². The molecule has 1 aliphatic heterocycles. The van der Waals surface area contributed by atoms with E-state index in [0.29, 0.717) is 0 Å². The van der Waals surface area contributed by atoms with Crippen molar-refractivity contribution in [2.75, 3.05) is 0 Å². The molecule has 1 fully saturated rings. The summed E-state index contributed by atoms with van der Waals surface area (Å²) in [5.41, 5.74) is 0. The van der Waals surface area contributed by atoms with Crippen LogP contribution in [0.4, 0.5) is 0 Å². The molecule has 70 valence electrons. The van der Waals surface area contributed by atoms with E-state index in [1.807, 2.05) is 0 Å². The quantitative estimate of drug-likeness (QED) is 0.597. The Morgan fingerprint density at radius 1 is 0.923 bits per heavy atom. The van der Waals surface area contributed by atoms with Crippen molar-refractivity contribution < 1.29 is 0 Å². The molecule has 0 N–H and O–H groups in total. The molecule has 1 heterocycles. The Hall–Kier alpha value is -0.563. The third kappa shape index (κ3) is 1.85. The van der Waals surface area contributed by atoms with E-state index in [2.05, 4.69) is 36.9 Å². The zero-order chi connectivity index (χ0) is 9.15. The number of benzene rings is 1. The lowest BCUT2D eigenvalue weighted by Gasteiger charge is -2.31. The molecule has 0 unspecified atom stereocenters. The first-order valence-corrected chi connectivity index (χ1v) is 8.28. The van der Waals surface area contributed by atoms with Crippen LogP contribution < -0.4 is 5.19 Å². The second kappa shape index (κ2) is 3.67. The highest BCUT2D eigenvalue weighted by Gasteiger charge is 2.30. The normalized spacial score (nSPS) is 21.3. The molecule has 0 nitrogen and oxygen atoms in total. The summed E-state index contributed by atoms with van der Waals surface area (Å²) < 4.78 is 0. The zero-order valence-electron chi connectivity index (χ0n) is 8.42. The maximum Gasteiger partial charge on any atom is 0.0836 e.